The summed E-state index contributed by atoms with van der Waals surface area (Å²) in [7, 11) is 0. The molecule has 3 rings (SSSR count). The SMILES string of the molecule is Cc1cc(F)ccc1-c1cccc(Nc2c(F)cccc2F)n1. The van der Waals surface area contributed by atoms with Crippen LogP contribution in [0, 0.1) is 24.4 Å². The Morgan fingerprint density at radius 3 is 2.26 bits per heavy atom. The molecule has 0 spiro atoms. The molecule has 0 saturated heterocycles. The van der Waals surface area contributed by atoms with Gasteiger partial charge < -0.3 is 5.32 Å². The summed E-state index contributed by atoms with van der Waals surface area (Å²) in [5.41, 5.74) is 1.81. The average molecular weight is 314 g/mol. The molecule has 0 bridgehead atoms. The van der Waals surface area contributed by atoms with Crippen LogP contribution in [-0.2, 0) is 0 Å². The fraction of sp³-hybridized carbons (Fsp3) is 0.0556. The summed E-state index contributed by atoms with van der Waals surface area (Å²) < 4.78 is 40.6. The molecular weight excluding hydrogens is 301 g/mol. The molecule has 0 amide bonds. The van der Waals surface area contributed by atoms with Crippen LogP contribution >= 0.6 is 0 Å². The second kappa shape index (κ2) is 6.12. The molecule has 0 aliphatic carbocycles. The zero-order chi connectivity index (χ0) is 16.4. The Balaban J connectivity index is 1.97. The fourth-order valence-corrected chi connectivity index (χ4v) is 2.31. The Labute approximate surface area is 131 Å². The number of nitrogens with one attached hydrogen (secondary N) is 1. The molecule has 2 aromatic carbocycles. The van der Waals surface area contributed by atoms with Gasteiger partial charge in [-0.2, -0.15) is 0 Å². The van der Waals surface area contributed by atoms with Crippen LogP contribution < -0.4 is 5.32 Å². The molecule has 1 aromatic heterocycles. The molecule has 0 fully saturated rings. The van der Waals surface area contributed by atoms with E-state index in [1.54, 1.807) is 31.2 Å². The van der Waals surface area contributed by atoms with Crippen LogP contribution in [0.2, 0.25) is 0 Å². The van der Waals surface area contributed by atoms with Gasteiger partial charge in [-0.1, -0.05) is 12.1 Å². The maximum absolute atomic E-state index is 13.7. The van der Waals surface area contributed by atoms with E-state index in [9.17, 15) is 13.2 Å². The maximum Gasteiger partial charge on any atom is 0.149 e. The summed E-state index contributed by atoms with van der Waals surface area (Å²) in [6, 6.07) is 13.1. The first-order chi connectivity index (χ1) is 11.0. The van der Waals surface area contributed by atoms with Crippen LogP contribution in [0.3, 0.4) is 0 Å². The predicted molar refractivity (Wildman–Crippen MR) is 84.0 cm³/mol. The lowest BCUT2D eigenvalue weighted by Gasteiger charge is -2.10. The molecule has 0 saturated carbocycles. The van der Waals surface area contributed by atoms with Crippen LogP contribution in [0.5, 0.6) is 0 Å². The Morgan fingerprint density at radius 2 is 1.57 bits per heavy atom. The number of nitrogens with zero attached hydrogens (tertiary/aromatic N) is 1. The monoisotopic (exact) mass is 314 g/mol. The van der Waals surface area contributed by atoms with Crippen molar-refractivity contribution in [1.29, 1.82) is 0 Å². The van der Waals surface area contributed by atoms with Crippen molar-refractivity contribution in [2.24, 2.45) is 0 Å². The van der Waals surface area contributed by atoms with Gasteiger partial charge in [0.1, 0.15) is 29.0 Å². The van der Waals surface area contributed by atoms with Gasteiger partial charge in [-0.3, -0.25) is 0 Å². The Kier molecular flexibility index (Phi) is 4.02. The minimum atomic E-state index is -0.699. The van der Waals surface area contributed by atoms with E-state index >= 15 is 0 Å². The first-order valence-corrected chi connectivity index (χ1v) is 6.99. The van der Waals surface area contributed by atoms with Crippen molar-refractivity contribution in [3.8, 4) is 11.3 Å². The number of aromatic nitrogens is 1. The number of aryl methyl sites for hydroxylation is 1. The second-order valence-corrected chi connectivity index (χ2v) is 5.09. The third kappa shape index (κ3) is 3.18. The van der Waals surface area contributed by atoms with Gasteiger partial charge in [-0.05, 0) is 55.0 Å². The molecule has 23 heavy (non-hydrogen) atoms. The summed E-state index contributed by atoms with van der Waals surface area (Å²) in [6.07, 6.45) is 0. The molecular formula is C18H13F3N2. The molecule has 1 heterocycles. The molecule has 2 nitrogen and oxygen atoms in total. The highest BCUT2D eigenvalue weighted by atomic mass is 19.1. The smallest absolute Gasteiger partial charge is 0.149 e. The van der Waals surface area contributed by atoms with E-state index < -0.39 is 11.6 Å². The van der Waals surface area contributed by atoms with Crippen LogP contribution in [-0.4, -0.2) is 4.98 Å². The average Bonchev–Trinajstić information content (AvgIpc) is 2.51. The minimum Gasteiger partial charge on any atom is -0.335 e. The normalized spacial score (nSPS) is 10.6. The third-order valence-corrected chi connectivity index (χ3v) is 3.43. The second-order valence-electron chi connectivity index (χ2n) is 5.09. The van der Waals surface area contributed by atoms with Crippen molar-refractivity contribution in [2.75, 3.05) is 5.32 Å². The van der Waals surface area contributed by atoms with E-state index in [0.29, 0.717) is 11.5 Å². The molecule has 0 unspecified atom stereocenters. The van der Waals surface area contributed by atoms with Crippen LogP contribution in [0.25, 0.3) is 11.3 Å². The van der Waals surface area contributed by atoms with Gasteiger partial charge >= 0.3 is 0 Å². The first kappa shape index (κ1) is 15.1. The summed E-state index contributed by atoms with van der Waals surface area (Å²) in [5, 5.41) is 2.65. The molecule has 116 valence electrons. The van der Waals surface area contributed by atoms with Gasteiger partial charge in [-0.25, -0.2) is 18.2 Å². The molecule has 5 heteroatoms. The summed E-state index contributed by atoms with van der Waals surface area (Å²) >= 11 is 0. The van der Waals surface area contributed by atoms with E-state index in [1.165, 1.54) is 30.3 Å². The van der Waals surface area contributed by atoms with Crippen molar-refractivity contribution in [3.63, 3.8) is 0 Å². The van der Waals surface area contributed by atoms with Crippen molar-refractivity contribution >= 4 is 11.5 Å². The molecule has 3 aromatic rings. The van der Waals surface area contributed by atoms with E-state index in [0.717, 1.165) is 11.1 Å². The lowest BCUT2D eigenvalue weighted by Crippen LogP contribution is -2.00. The van der Waals surface area contributed by atoms with E-state index in [1.807, 2.05) is 0 Å². The third-order valence-electron chi connectivity index (χ3n) is 3.43. The van der Waals surface area contributed by atoms with E-state index in [2.05, 4.69) is 10.3 Å². The Bertz CT molecular complexity index is 842. The standard InChI is InChI=1S/C18H13F3N2/c1-11-10-12(19)8-9-13(11)16-6-3-7-17(22-16)23-18-14(20)4-2-5-15(18)21/h2-10H,1H3,(H,22,23). The summed E-state index contributed by atoms with van der Waals surface area (Å²) in [6.45, 7) is 1.77. The number of hydrogen-bond acceptors (Lipinski definition) is 2. The molecule has 0 atom stereocenters. The molecule has 1 N–H and O–H groups in total. The summed E-state index contributed by atoms with van der Waals surface area (Å²) in [5.74, 6) is -1.42. The zero-order valence-corrected chi connectivity index (χ0v) is 12.3. The Hall–Kier alpha value is -2.82. The van der Waals surface area contributed by atoms with Crippen molar-refractivity contribution in [1.82, 2.24) is 4.98 Å². The first-order valence-electron chi connectivity index (χ1n) is 6.99. The number of pyridine rings is 1. The van der Waals surface area contributed by atoms with Crippen LogP contribution in [0.1, 0.15) is 5.56 Å². The minimum absolute atomic E-state index is 0.257. The van der Waals surface area contributed by atoms with Crippen LogP contribution in [0.4, 0.5) is 24.7 Å². The number of benzene rings is 2. The van der Waals surface area contributed by atoms with Gasteiger partial charge in [-0.15, -0.1) is 0 Å². The van der Waals surface area contributed by atoms with E-state index in [-0.39, 0.29) is 11.5 Å². The highest BCUT2D eigenvalue weighted by Gasteiger charge is 2.10. The number of halogens is 3. The summed E-state index contributed by atoms with van der Waals surface area (Å²) in [4.78, 5) is 4.34. The largest absolute Gasteiger partial charge is 0.335 e. The predicted octanol–water partition coefficient (Wildman–Crippen LogP) is 5.22. The number of hydrogen-bond donors (Lipinski definition) is 1. The van der Waals surface area contributed by atoms with Crippen LogP contribution in [0.15, 0.2) is 54.6 Å². The quantitative estimate of drug-likeness (QED) is 0.717. The number of rotatable bonds is 3. The van der Waals surface area contributed by atoms with Crippen molar-refractivity contribution in [2.45, 2.75) is 6.92 Å². The molecule has 0 radical (unpaired) electrons. The van der Waals surface area contributed by atoms with Gasteiger partial charge in [0.05, 0.1) is 5.69 Å². The Morgan fingerprint density at radius 1 is 0.870 bits per heavy atom. The molecule has 0 aliphatic heterocycles. The van der Waals surface area contributed by atoms with Gasteiger partial charge in [0, 0.05) is 5.56 Å². The molecule has 0 aliphatic rings. The van der Waals surface area contributed by atoms with Gasteiger partial charge in [0.15, 0.2) is 0 Å². The van der Waals surface area contributed by atoms with Gasteiger partial charge in [0.2, 0.25) is 0 Å². The topological polar surface area (TPSA) is 24.9 Å². The highest BCUT2D eigenvalue weighted by Crippen LogP contribution is 2.26. The lowest BCUT2D eigenvalue weighted by molar-refractivity contribution is 0.590. The zero-order valence-electron chi connectivity index (χ0n) is 12.3. The van der Waals surface area contributed by atoms with Gasteiger partial charge in [0.25, 0.3) is 0 Å². The fourth-order valence-electron chi connectivity index (χ4n) is 2.31. The number of para-hydroxylation sites is 1. The maximum atomic E-state index is 13.7. The number of anilines is 2. The van der Waals surface area contributed by atoms with Crippen molar-refractivity contribution < 1.29 is 13.2 Å². The van der Waals surface area contributed by atoms with E-state index in [4.69, 9.17) is 0 Å². The lowest BCUT2D eigenvalue weighted by atomic mass is 10.1. The highest BCUT2D eigenvalue weighted by molar-refractivity contribution is 5.67. The van der Waals surface area contributed by atoms with Crippen molar-refractivity contribution in [3.05, 3.63) is 77.6 Å².